The van der Waals surface area contributed by atoms with Crippen molar-refractivity contribution in [3.63, 3.8) is 0 Å². The Kier molecular flexibility index (Phi) is 3.16. The van der Waals surface area contributed by atoms with Gasteiger partial charge in [-0.25, -0.2) is 8.78 Å². The minimum atomic E-state index is -2.68. The van der Waals surface area contributed by atoms with Crippen LogP contribution in [0.15, 0.2) is 10.7 Å². The van der Waals surface area contributed by atoms with E-state index in [1.165, 1.54) is 0 Å². The number of halogens is 3. The van der Waals surface area contributed by atoms with Gasteiger partial charge in [0, 0.05) is 12.1 Å². The Labute approximate surface area is 81.7 Å². The van der Waals surface area contributed by atoms with Gasteiger partial charge in [-0.1, -0.05) is 0 Å². The summed E-state index contributed by atoms with van der Waals surface area (Å²) < 4.78 is 24.8. The normalized spacial score (nSPS) is 10.8. The number of nitrogens with two attached hydrogens (primary N) is 1. The van der Waals surface area contributed by atoms with Crippen molar-refractivity contribution < 1.29 is 13.9 Å². The lowest BCUT2D eigenvalue weighted by molar-refractivity contribution is 0.144. The van der Waals surface area contributed by atoms with E-state index in [0.717, 1.165) is 6.20 Å². The Morgan fingerprint density at radius 1 is 1.62 bits per heavy atom. The lowest BCUT2D eigenvalue weighted by atomic mass is 10.2. The fraction of sp³-hybridized carbons (Fsp3) is 0.286. The number of alkyl halides is 2. The van der Waals surface area contributed by atoms with Crippen molar-refractivity contribution in [3.05, 3.63) is 21.9 Å². The van der Waals surface area contributed by atoms with Crippen LogP contribution in [0.3, 0.4) is 0 Å². The zero-order chi connectivity index (χ0) is 10.0. The fourth-order valence-corrected chi connectivity index (χ4v) is 1.38. The summed E-state index contributed by atoms with van der Waals surface area (Å²) in [6.45, 7) is -0.0956. The van der Waals surface area contributed by atoms with Crippen molar-refractivity contribution in [2.24, 2.45) is 5.73 Å². The van der Waals surface area contributed by atoms with Crippen LogP contribution in [0, 0.1) is 0 Å². The summed E-state index contributed by atoms with van der Waals surface area (Å²) >= 11 is 2.96. The molecular formula is C7H7BrF2N2O. The van der Waals surface area contributed by atoms with Crippen LogP contribution in [0.2, 0.25) is 0 Å². The third-order valence-corrected chi connectivity index (χ3v) is 2.42. The van der Waals surface area contributed by atoms with Gasteiger partial charge in [-0.3, -0.25) is 4.98 Å². The van der Waals surface area contributed by atoms with Crippen LogP contribution < -0.4 is 5.73 Å². The maximum atomic E-state index is 12.3. The van der Waals surface area contributed by atoms with E-state index in [4.69, 9.17) is 10.8 Å². The van der Waals surface area contributed by atoms with E-state index in [-0.39, 0.29) is 22.3 Å². The zero-order valence-electron chi connectivity index (χ0n) is 6.47. The van der Waals surface area contributed by atoms with Crippen molar-refractivity contribution in [1.29, 1.82) is 0 Å². The third kappa shape index (κ3) is 1.94. The molecule has 1 rings (SSSR count). The van der Waals surface area contributed by atoms with E-state index >= 15 is 0 Å². The number of hydrogen-bond acceptors (Lipinski definition) is 3. The molecule has 1 heterocycles. The van der Waals surface area contributed by atoms with Crippen molar-refractivity contribution in [3.8, 4) is 5.75 Å². The smallest absolute Gasteiger partial charge is 0.280 e. The second-order valence-electron chi connectivity index (χ2n) is 2.33. The van der Waals surface area contributed by atoms with Crippen LogP contribution in [0.5, 0.6) is 5.75 Å². The molecule has 0 aliphatic heterocycles. The summed E-state index contributed by atoms with van der Waals surface area (Å²) in [6.07, 6.45) is -1.72. The van der Waals surface area contributed by atoms with Gasteiger partial charge in [0.25, 0.3) is 6.43 Å². The Hall–Kier alpha value is -0.750. The number of aromatic hydroxyl groups is 1. The molecule has 0 unspecified atom stereocenters. The SMILES string of the molecule is NCc1c(C(F)F)ncc(O)c1Br. The quantitative estimate of drug-likeness (QED) is 0.846. The Morgan fingerprint density at radius 3 is 2.69 bits per heavy atom. The van der Waals surface area contributed by atoms with Crippen molar-refractivity contribution in [2.45, 2.75) is 13.0 Å². The maximum absolute atomic E-state index is 12.3. The average Bonchev–Trinajstić information content (AvgIpc) is 2.09. The van der Waals surface area contributed by atoms with Crippen LogP contribution in [-0.4, -0.2) is 10.1 Å². The molecule has 0 amide bonds. The van der Waals surface area contributed by atoms with Gasteiger partial charge < -0.3 is 10.8 Å². The molecule has 0 spiro atoms. The van der Waals surface area contributed by atoms with Gasteiger partial charge in [0.05, 0.1) is 10.7 Å². The van der Waals surface area contributed by atoms with Crippen LogP contribution in [0.25, 0.3) is 0 Å². The summed E-state index contributed by atoms with van der Waals surface area (Å²) in [6, 6.07) is 0. The molecule has 1 aromatic heterocycles. The predicted molar refractivity (Wildman–Crippen MR) is 46.5 cm³/mol. The molecule has 0 fully saturated rings. The first-order chi connectivity index (χ1) is 6.07. The summed E-state index contributed by atoms with van der Waals surface area (Å²) in [5.41, 5.74) is 4.98. The Balaban J connectivity index is 3.30. The van der Waals surface area contributed by atoms with Crippen molar-refractivity contribution in [2.75, 3.05) is 0 Å². The van der Waals surface area contributed by atoms with Crippen molar-refractivity contribution in [1.82, 2.24) is 4.98 Å². The van der Waals surface area contributed by atoms with Gasteiger partial charge in [-0.05, 0) is 15.9 Å². The lowest BCUT2D eigenvalue weighted by Crippen LogP contribution is -2.05. The van der Waals surface area contributed by atoms with Crippen LogP contribution in [-0.2, 0) is 6.54 Å². The standard InChI is InChI=1S/C7H7BrF2N2O/c8-5-3(1-11)6(7(9)10)12-2-4(5)13/h2,7,13H,1,11H2. The molecule has 0 saturated carbocycles. The Morgan fingerprint density at radius 2 is 2.23 bits per heavy atom. The second kappa shape index (κ2) is 3.97. The zero-order valence-corrected chi connectivity index (χ0v) is 8.05. The highest BCUT2D eigenvalue weighted by Crippen LogP contribution is 2.32. The molecule has 0 bridgehead atoms. The van der Waals surface area contributed by atoms with Gasteiger partial charge in [0.1, 0.15) is 11.4 Å². The van der Waals surface area contributed by atoms with E-state index in [1.807, 2.05) is 0 Å². The van der Waals surface area contributed by atoms with E-state index in [1.54, 1.807) is 0 Å². The monoisotopic (exact) mass is 252 g/mol. The van der Waals surface area contributed by atoms with Gasteiger partial charge >= 0.3 is 0 Å². The molecule has 3 N–H and O–H groups in total. The highest BCUT2D eigenvalue weighted by molar-refractivity contribution is 9.10. The first kappa shape index (κ1) is 10.3. The van der Waals surface area contributed by atoms with Crippen LogP contribution in [0.4, 0.5) is 8.78 Å². The molecule has 13 heavy (non-hydrogen) atoms. The van der Waals surface area contributed by atoms with Crippen LogP contribution >= 0.6 is 15.9 Å². The number of hydrogen-bond donors (Lipinski definition) is 2. The number of aromatic nitrogens is 1. The lowest BCUT2D eigenvalue weighted by Gasteiger charge is -2.08. The second-order valence-corrected chi connectivity index (χ2v) is 3.12. The number of pyridine rings is 1. The van der Waals surface area contributed by atoms with Crippen molar-refractivity contribution >= 4 is 15.9 Å². The van der Waals surface area contributed by atoms with Gasteiger partial charge in [0.15, 0.2) is 0 Å². The third-order valence-electron chi connectivity index (χ3n) is 1.54. The maximum Gasteiger partial charge on any atom is 0.280 e. The summed E-state index contributed by atoms with van der Waals surface area (Å²) in [7, 11) is 0. The predicted octanol–water partition coefficient (Wildman–Crippen LogP) is 1.95. The van der Waals surface area contributed by atoms with E-state index in [9.17, 15) is 8.78 Å². The molecule has 72 valence electrons. The molecule has 0 saturated heterocycles. The highest BCUT2D eigenvalue weighted by Gasteiger charge is 2.18. The summed E-state index contributed by atoms with van der Waals surface area (Å²) in [5, 5.41) is 9.13. The van der Waals surface area contributed by atoms with E-state index in [0.29, 0.717) is 0 Å². The van der Waals surface area contributed by atoms with Gasteiger partial charge in [0.2, 0.25) is 0 Å². The summed E-state index contributed by atoms with van der Waals surface area (Å²) in [5.74, 6) is -0.190. The van der Waals surface area contributed by atoms with E-state index in [2.05, 4.69) is 20.9 Å². The molecular weight excluding hydrogens is 246 g/mol. The molecule has 1 aromatic rings. The van der Waals surface area contributed by atoms with E-state index < -0.39 is 12.1 Å². The molecule has 0 radical (unpaired) electrons. The first-order valence-electron chi connectivity index (χ1n) is 3.42. The van der Waals surface area contributed by atoms with Gasteiger partial charge in [-0.15, -0.1) is 0 Å². The first-order valence-corrected chi connectivity index (χ1v) is 4.21. The Bertz CT molecular complexity index is 320. The molecule has 3 nitrogen and oxygen atoms in total. The largest absolute Gasteiger partial charge is 0.505 e. The molecule has 0 aromatic carbocycles. The fourth-order valence-electron chi connectivity index (χ4n) is 0.915. The average molecular weight is 253 g/mol. The topological polar surface area (TPSA) is 59.1 Å². The van der Waals surface area contributed by atoms with Gasteiger partial charge in [-0.2, -0.15) is 0 Å². The number of nitrogens with zero attached hydrogens (tertiary/aromatic N) is 1. The molecule has 6 heteroatoms. The van der Waals surface area contributed by atoms with Crippen LogP contribution in [0.1, 0.15) is 17.7 Å². The molecule has 0 atom stereocenters. The molecule has 0 aliphatic carbocycles. The minimum Gasteiger partial charge on any atom is -0.505 e. The summed E-state index contributed by atoms with van der Waals surface area (Å²) in [4.78, 5) is 3.40. The number of rotatable bonds is 2. The minimum absolute atomic E-state index is 0.0956. The highest BCUT2D eigenvalue weighted by atomic mass is 79.9. The molecule has 0 aliphatic rings.